The predicted octanol–water partition coefficient (Wildman–Crippen LogP) is 5.04. The Labute approximate surface area is 170 Å². The molecule has 5 nitrogen and oxygen atoms in total. The lowest BCUT2D eigenvalue weighted by atomic mass is 9.76. The smallest absolute Gasteiger partial charge is 0.198 e. The summed E-state index contributed by atoms with van der Waals surface area (Å²) in [6.45, 7) is 1.99. The van der Waals surface area contributed by atoms with E-state index < -0.39 is 0 Å². The zero-order valence-corrected chi connectivity index (χ0v) is 16.6. The second kappa shape index (κ2) is 7.01. The van der Waals surface area contributed by atoms with E-state index >= 15 is 0 Å². The number of carbonyl (C=O) groups is 1. The van der Waals surface area contributed by atoms with Crippen molar-refractivity contribution in [3.05, 3.63) is 59.5 Å². The molecule has 5 heteroatoms. The summed E-state index contributed by atoms with van der Waals surface area (Å²) in [4.78, 5) is 13.0. The normalized spacial score (nSPS) is 26.0. The van der Waals surface area contributed by atoms with E-state index in [1.807, 2.05) is 48.5 Å². The molecular formula is C24H25NO4. The molecule has 6 rings (SSSR count). The van der Waals surface area contributed by atoms with Crippen molar-refractivity contribution >= 4 is 16.8 Å². The van der Waals surface area contributed by atoms with Gasteiger partial charge in [0.25, 0.3) is 0 Å². The van der Waals surface area contributed by atoms with Crippen LogP contribution in [0.4, 0.5) is 0 Å². The largest absolute Gasteiger partial charge is 0.633 e. The molecule has 3 aliphatic heterocycles. The van der Waals surface area contributed by atoms with Gasteiger partial charge < -0.3 is 19.0 Å². The average Bonchev–Trinajstić information content (AvgIpc) is 3.18. The Morgan fingerprint density at radius 2 is 1.90 bits per heavy atom. The van der Waals surface area contributed by atoms with Gasteiger partial charge in [0, 0.05) is 41.7 Å². The molecule has 29 heavy (non-hydrogen) atoms. The fourth-order valence-electron chi connectivity index (χ4n) is 5.14. The number of quaternary nitrogens is 1. The number of hydrogen-bond acceptors (Lipinski definition) is 4. The predicted molar refractivity (Wildman–Crippen MR) is 112 cm³/mol. The van der Waals surface area contributed by atoms with Gasteiger partial charge in [-0.15, -0.1) is 0 Å². The third-order valence-electron chi connectivity index (χ3n) is 6.71. The number of carbonyl (C=O) groups excluding carboxylic acids is 1. The highest BCUT2D eigenvalue weighted by molar-refractivity contribution is 6.01. The van der Waals surface area contributed by atoms with E-state index in [4.69, 9.17) is 9.15 Å². The van der Waals surface area contributed by atoms with Gasteiger partial charge in [-0.1, -0.05) is 36.4 Å². The Hall–Kier alpha value is -2.63. The first-order valence-electron chi connectivity index (χ1n) is 10.3. The van der Waals surface area contributed by atoms with Crippen LogP contribution < -0.4 is 4.74 Å². The highest BCUT2D eigenvalue weighted by Gasteiger charge is 2.42. The second-order valence-electron chi connectivity index (χ2n) is 8.45. The highest BCUT2D eigenvalue weighted by Crippen LogP contribution is 2.40. The minimum absolute atomic E-state index is 0.00229. The highest BCUT2D eigenvalue weighted by atomic mass is 16.5. The zero-order valence-electron chi connectivity index (χ0n) is 16.6. The molecule has 1 atom stereocenters. The molecule has 4 heterocycles. The monoisotopic (exact) mass is 391 g/mol. The molecule has 2 bridgehead atoms. The summed E-state index contributed by atoms with van der Waals surface area (Å²) < 4.78 is 11.5. The SMILES string of the molecule is COc1ccccc1-c1cccc2cc(C(=O)C[C@H]3C[N+]4([O-])CCC3CC4)oc12. The Bertz CT molecular complexity index is 1060. The molecule has 2 aromatic carbocycles. The Kier molecular flexibility index (Phi) is 4.45. The van der Waals surface area contributed by atoms with E-state index in [0.717, 1.165) is 35.1 Å². The number of hydroxylamine groups is 3. The lowest BCUT2D eigenvalue weighted by Crippen LogP contribution is -2.58. The maximum absolute atomic E-state index is 13.0. The molecular weight excluding hydrogens is 366 g/mol. The summed E-state index contributed by atoms with van der Waals surface area (Å²) in [6, 6.07) is 15.5. The van der Waals surface area contributed by atoms with E-state index in [2.05, 4.69) is 0 Å². The molecule has 0 aliphatic carbocycles. The van der Waals surface area contributed by atoms with Crippen LogP contribution in [0.15, 0.2) is 52.9 Å². The number of furan rings is 1. The van der Waals surface area contributed by atoms with Crippen LogP contribution in [-0.4, -0.2) is 37.2 Å². The number of Topliss-reactive ketones (excluding diaryl/α,β-unsaturated/α-hetero) is 1. The molecule has 1 aromatic heterocycles. The van der Waals surface area contributed by atoms with Gasteiger partial charge in [-0.3, -0.25) is 4.79 Å². The van der Waals surface area contributed by atoms with Gasteiger partial charge in [-0.05, 0) is 18.1 Å². The first kappa shape index (κ1) is 18.4. The van der Waals surface area contributed by atoms with Gasteiger partial charge in [-0.25, -0.2) is 0 Å². The van der Waals surface area contributed by atoms with Gasteiger partial charge in [-0.2, -0.15) is 0 Å². The van der Waals surface area contributed by atoms with E-state index in [1.54, 1.807) is 7.11 Å². The third-order valence-corrected chi connectivity index (χ3v) is 6.71. The molecule has 0 saturated carbocycles. The minimum Gasteiger partial charge on any atom is -0.633 e. The van der Waals surface area contributed by atoms with Gasteiger partial charge in [0.2, 0.25) is 0 Å². The maximum atomic E-state index is 13.0. The number of fused-ring (bicyclic) bond motifs is 4. The zero-order chi connectivity index (χ0) is 20.0. The molecule has 0 spiro atoms. The summed E-state index contributed by atoms with van der Waals surface area (Å²) in [5, 5.41) is 13.6. The number of ketones is 1. The molecule has 3 aromatic rings. The van der Waals surface area contributed by atoms with Crippen molar-refractivity contribution in [2.24, 2.45) is 11.8 Å². The van der Waals surface area contributed by atoms with Crippen molar-refractivity contribution in [1.29, 1.82) is 0 Å². The van der Waals surface area contributed by atoms with Crippen LogP contribution in [0.2, 0.25) is 0 Å². The molecule has 150 valence electrons. The maximum Gasteiger partial charge on any atom is 0.198 e. The summed E-state index contributed by atoms with van der Waals surface area (Å²) in [5.74, 6) is 1.82. The Morgan fingerprint density at radius 1 is 1.14 bits per heavy atom. The van der Waals surface area contributed by atoms with Crippen molar-refractivity contribution in [3.63, 3.8) is 0 Å². The first-order valence-corrected chi connectivity index (χ1v) is 10.3. The number of methoxy groups -OCH3 is 1. The van der Waals surface area contributed by atoms with E-state index in [9.17, 15) is 10.0 Å². The van der Waals surface area contributed by atoms with Crippen LogP contribution in [0.3, 0.4) is 0 Å². The second-order valence-corrected chi connectivity index (χ2v) is 8.45. The minimum atomic E-state index is -0.119. The van der Waals surface area contributed by atoms with Crippen LogP contribution in [0, 0.1) is 17.0 Å². The molecule has 3 fully saturated rings. The topological polar surface area (TPSA) is 62.5 Å². The molecule has 0 unspecified atom stereocenters. The number of rotatable bonds is 5. The number of piperidine rings is 3. The lowest BCUT2D eigenvalue weighted by Gasteiger charge is -2.55. The van der Waals surface area contributed by atoms with Crippen LogP contribution in [0.25, 0.3) is 22.1 Å². The van der Waals surface area contributed by atoms with Crippen LogP contribution >= 0.6 is 0 Å². The van der Waals surface area contributed by atoms with Crippen molar-refractivity contribution in [2.45, 2.75) is 19.3 Å². The van der Waals surface area contributed by atoms with Crippen LogP contribution in [0.5, 0.6) is 5.75 Å². The number of benzene rings is 2. The molecule has 0 N–H and O–H groups in total. The quantitative estimate of drug-likeness (QED) is 0.347. The Morgan fingerprint density at radius 3 is 2.66 bits per heavy atom. The average molecular weight is 391 g/mol. The van der Waals surface area contributed by atoms with E-state index in [-0.39, 0.29) is 16.3 Å². The lowest BCUT2D eigenvalue weighted by molar-refractivity contribution is -0.901. The molecule has 3 aliphatic rings. The van der Waals surface area contributed by atoms with Crippen molar-refractivity contribution in [1.82, 2.24) is 0 Å². The molecule has 3 saturated heterocycles. The van der Waals surface area contributed by atoms with Gasteiger partial charge in [0.05, 0.1) is 26.7 Å². The number of para-hydroxylation sites is 2. The third kappa shape index (κ3) is 3.24. The summed E-state index contributed by atoms with van der Waals surface area (Å²) in [6.07, 6.45) is 2.29. The van der Waals surface area contributed by atoms with Gasteiger partial charge >= 0.3 is 0 Å². The number of ether oxygens (including phenoxy) is 1. The van der Waals surface area contributed by atoms with E-state index in [0.29, 0.717) is 43.3 Å². The van der Waals surface area contributed by atoms with Crippen LogP contribution in [-0.2, 0) is 0 Å². The van der Waals surface area contributed by atoms with Crippen molar-refractivity contribution in [2.75, 3.05) is 26.7 Å². The van der Waals surface area contributed by atoms with Gasteiger partial charge in [0.15, 0.2) is 11.5 Å². The Balaban J connectivity index is 1.45. The molecule has 0 radical (unpaired) electrons. The molecule has 0 amide bonds. The van der Waals surface area contributed by atoms with Gasteiger partial charge in [0.1, 0.15) is 11.3 Å². The van der Waals surface area contributed by atoms with Crippen LogP contribution in [0.1, 0.15) is 29.8 Å². The number of hydrogen-bond donors (Lipinski definition) is 0. The van der Waals surface area contributed by atoms with Crippen molar-refractivity contribution in [3.8, 4) is 16.9 Å². The van der Waals surface area contributed by atoms with Crippen molar-refractivity contribution < 1.29 is 18.6 Å². The van der Waals surface area contributed by atoms with E-state index in [1.165, 1.54) is 0 Å². The number of nitrogens with zero attached hydrogens (tertiary/aromatic N) is 1. The standard InChI is InChI=1S/C24H25NO4/c1-28-22-8-3-2-6-19(22)20-7-4-5-17-14-23(29-24(17)20)21(26)13-18-15-25(27)11-9-16(18)10-12-25/h2-8,14,16,18H,9-13,15H2,1H3/t16?,18-,25?/m0/s1. The first-order chi connectivity index (χ1) is 14.1. The summed E-state index contributed by atoms with van der Waals surface area (Å²) in [5.41, 5.74) is 2.54. The fraction of sp³-hybridized carbons (Fsp3) is 0.375. The fourth-order valence-corrected chi connectivity index (χ4v) is 5.14. The summed E-state index contributed by atoms with van der Waals surface area (Å²) in [7, 11) is 1.65. The summed E-state index contributed by atoms with van der Waals surface area (Å²) >= 11 is 0.